The van der Waals surface area contributed by atoms with E-state index in [2.05, 4.69) is 0 Å². The fraction of sp³-hybridized carbons (Fsp3) is 0.429. The highest BCUT2D eigenvalue weighted by Gasteiger charge is 1.89. The Labute approximate surface area is 66.2 Å². The van der Waals surface area contributed by atoms with Crippen molar-refractivity contribution in [1.29, 1.82) is 0 Å². The smallest absolute Gasteiger partial charge is 0.0547 e. The molecule has 0 rings (SSSR count). The predicted molar refractivity (Wildman–Crippen MR) is 43.8 cm³/mol. The van der Waals surface area contributed by atoms with Gasteiger partial charge in [0.05, 0.1) is 5.03 Å². The molecule has 0 amide bonds. The van der Waals surface area contributed by atoms with Gasteiger partial charge in [0.25, 0.3) is 0 Å². The lowest BCUT2D eigenvalue weighted by molar-refractivity contribution is 1.38. The van der Waals surface area contributed by atoms with Crippen LogP contribution in [-0.4, -0.2) is 0 Å². The monoisotopic (exact) mass is 164 g/mol. The first-order chi connectivity index (χ1) is 4.04. The summed E-state index contributed by atoms with van der Waals surface area (Å²) in [5.41, 5.74) is 1.15. The molecule has 0 aromatic rings. The Morgan fingerprint density at radius 3 is 1.67 bits per heavy atom. The Balaban J connectivity index is 4.25. The molecule has 0 atom stereocenters. The maximum absolute atomic E-state index is 5.68. The predicted octanol–water partition coefficient (Wildman–Crippen LogP) is 3.66. The summed E-state index contributed by atoms with van der Waals surface area (Å²) in [5, 5.41) is 1.26. The second-order valence-electron chi connectivity index (χ2n) is 2.10. The molecule has 0 aliphatic carbocycles. The summed E-state index contributed by atoms with van der Waals surface area (Å²) in [7, 11) is 0. The van der Waals surface area contributed by atoms with Crippen molar-refractivity contribution in [2.24, 2.45) is 0 Å². The Hall–Kier alpha value is 0.0600. The molecule has 9 heavy (non-hydrogen) atoms. The first-order valence-corrected chi connectivity index (χ1v) is 3.46. The molecule has 0 radical (unpaired) electrons. The van der Waals surface area contributed by atoms with Crippen LogP contribution >= 0.6 is 23.2 Å². The van der Waals surface area contributed by atoms with E-state index in [1.54, 1.807) is 6.92 Å². The third-order valence-electron chi connectivity index (χ3n) is 0.744. The van der Waals surface area contributed by atoms with E-state index in [4.69, 9.17) is 23.2 Å². The Morgan fingerprint density at radius 1 is 1.11 bits per heavy atom. The zero-order chi connectivity index (χ0) is 7.44. The van der Waals surface area contributed by atoms with Crippen molar-refractivity contribution in [2.45, 2.75) is 20.8 Å². The molecule has 52 valence electrons. The molecule has 0 aromatic carbocycles. The standard InChI is InChI=1S/C7H10Cl2/c1-5(2)4-7(9)6(3)8/h4H,1-3H3/b7-6-. The number of rotatable bonds is 1. The maximum Gasteiger partial charge on any atom is 0.0547 e. The molecule has 0 bridgehead atoms. The van der Waals surface area contributed by atoms with Gasteiger partial charge in [0, 0.05) is 5.03 Å². The van der Waals surface area contributed by atoms with E-state index >= 15 is 0 Å². The van der Waals surface area contributed by atoms with E-state index in [1.165, 1.54) is 0 Å². The SMILES string of the molecule is CC(C)=C/C(Cl)=C(\C)Cl. The molecule has 0 aromatic heterocycles. The fourth-order valence-electron chi connectivity index (χ4n) is 0.353. The lowest BCUT2D eigenvalue weighted by Gasteiger charge is -1.91. The maximum atomic E-state index is 5.68. The molecule has 0 saturated carbocycles. The van der Waals surface area contributed by atoms with E-state index in [1.807, 2.05) is 19.9 Å². The molecule has 0 spiro atoms. The summed E-state index contributed by atoms with van der Waals surface area (Å²) in [6.07, 6.45) is 1.84. The van der Waals surface area contributed by atoms with Crippen LogP contribution in [0.15, 0.2) is 21.7 Å². The summed E-state index contributed by atoms with van der Waals surface area (Å²) >= 11 is 11.3. The molecule has 0 nitrogen and oxygen atoms in total. The third-order valence-corrected chi connectivity index (χ3v) is 1.44. The van der Waals surface area contributed by atoms with E-state index < -0.39 is 0 Å². The summed E-state index contributed by atoms with van der Waals surface area (Å²) in [6.45, 7) is 5.72. The quantitative estimate of drug-likeness (QED) is 0.520. The van der Waals surface area contributed by atoms with Crippen LogP contribution in [0.5, 0.6) is 0 Å². The van der Waals surface area contributed by atoms with Crippen LogP contribution < -0.4 is 0 Å². The van der Waals surface area contributed by atoms with Crippen LogP contribution in [0, 0.1) is 0 Å². The van der Waals surface area contributed by atoms with Crippen molar-refractivity contribution < 1.29 is 0 Å². The van der Waals surface area contributed by atoms with E-state index in [0.29, 0.717) is 10.1 Å². The Morgan fingerprint density at radius 2 is 1.56 bits per heavy atom. The van der Waals surface area contributed by atoms with Crippen molar-refractivity contribution in [1.82, 2.24) is 0 Å². The van der Waals surface area contributed by atoms with Gasteiger partial charge in [0.2, 0.25) is 0 Å². The van der Waals surface area contributed by atoms with Gasteiger partial charge in [0.1, 0.15) is 0 Å². The minimum Gasteiger partial charge on any atom is -0.0878 e. The third kappa shape index (κ3) is 4.56. The molecule has 0 aliphatic heterocycles. The van der Waals surface area contributed by atoms with E-state index in [-0.39, 0.29) is 0 Å². The van der Waals surface area contributed by atoms with Gasteiger partial charge in [-0.05, 0) is 26.8 Å². The average Bonchev–Trinajstić information content (AvgIpc) is 1.63. The molecular formula is C7H10Cl2. The zero-order valence-electron chi connectivity index (χ0n) is 5.83. The molecule has 0 N–H and O–H groups in total. The van der Waals surface area contributed by atoms with Crippen LogP contribution in [0.25, 0.3) is 0 Å². The van der Waals surface area contributed by atoms with Crippen molar-refractivity contribution in [3.8, 4) is 0 Å². The molecule has 0 fully saturated rings. The first kappa shape index (κ1) is 9.06. The Kier molecular flexibility index (Phi) is 4.00. The summed E-state index contributed by atoms with van der Waals surface area (Å²) in [4.78, 5) is 0. The van der Waals surface area contributed by atoms with Gasteiger partial charge in [0.15, 0.2) is 0 Å². The number of allylic oxidation sites excluding steroid dienone is 4. The van der Waals surface area contributed by atoms with Crippen molar-refractivity contribution in [3.63, 3.8) is 0 Å². The van der Waals surface area contributed by atoms with Crippen molar-refractivity contribution >= 4 is 23.2 Å². The minimum absolute atomic E-state index is 0.622. The summed E-state index contributed by atoms with van der Waals surface area (Å²) < 4.78 is 0. The average molecular weight is 165 g/mol. The van der Waals surface area contributed by atoms with Crippen LogP contribution in [0.2, 0.25) is 0 Å². The highest BCUT2D eigenvalue weighted by Crippen LogP contribution is 2.15. The molecule has 0 unspecified atom stereocenters. The highest BCUT2D eigenvalue weighted by molar-refractivity contribution is 6.39. The molecule has 0 saturated heterocycles. The van der Waals surface area contributed by atoms with Gasteiger partial charge < -0.3 is 0 Å². The first-order valence-electron chi connectivity index (χ1n) is 2.71. The van der Waals surface area contributed by atoms with Gasteiger partial charge in [-0.15, -0.1) is 0 Å². The molecule has 2 heteroatoms. The number of hydrogen-bond donors (Lipinski definition) is 0. The lowest BCUT2D eigenvalue weighted by atomic mass is 10.3. The van der Waals surface area contributed by atoms with Gasteiger partial charge in [-0.3, -0.25) is 0 Å². The second kappa shape index (κ2) is 3.97. The van der Waals surface area contributed by atoms with Gasteiger partial charge in [-0.25, -0.2) is 0 Å². The lowest BCUT2D eigenvalue weighted by Crippen LogP contribution is -1.69. The molecule has 0 heterocycles. The van der Waals surface area contributed by atoms with Crippen LogP contribution in [0.4, 0.5) is 0 Å². The van der Waals surface area contributed by atoms with Crippen LogP contribution in [0.1, 0.15) is 20.8 Å². The normalized spacial score (nSPS) is 12.6. The fourth-order valence-corrected chi connectivity index (χ4v) is 0.626. The van der Waals surface area contributed by atoms with Gasteiger partial charge in [-0.1, -0.05) is 28.8 Å². The van der Waals surface area contributed by atoms with Crippen molar-refractivity contribution in [2.75, 3.05) is 0 Å². The molecule has 0 aliphatic rings. The largest absolute Gasteiger partial charge is 0.0878 e. The summed E-state index contributed by atoms with van der Waals surface area (Å²) in [5.74, 6) is 0. The van der Waals surface area contributed by atoms with Gasteiger partial charge in [-0.2, -0.15) is 0 Å². The zero-order valence-corrected chi connectivity index (χ0v) is 7.35. The van der Waals surface area contributed by atoms with E-state index in [0.717, 1.165) is 5.57 Å². The minimum atomic E-state index is 0.622. The number of hydrogen-bond acceptors (Lipinski definition) is 0. The van der Waals surface area contributed by atoms with Crippen LogP contribution in [-0.2, 0) is 0 Å². The second-order valence-corrected chi connectivity index (χ2v) is 3.08. The topological polar surface area (TPSA) is 0 Å². The summed E-state index contributed by atoms with van der Waals surface area (Å²) in [6, 6.07) is 0. The highest BCUT2D eigenvalue weighted by atomic mass is 35.5. The van der Waals surface area contributed by atoms with Crippen LogP contribution in [0.3, 0.4) is 0 Å². The van der Waals surface area contributed by atoms with E-state index in [9.17, 15) is 0 Å². The molecular weight excluding hydrogens is 155 g/mol. The number of halogens is 2. The van der Waals surface area contributed by atoms with Crippen molar-refractivity contribution in [3.05, 3.63) is 21.7 Å². The van der Waals surface area contributed by atoms with Gasteiger partial charge >= 0.3 is 0 Å². The Bertz CT molecular complexity index is 146.